The van der Waals surface area contributed by atoms with Crippen molar-refractivity contribution in [3.63, 3.8) is 0 Å². The van der Waals surface area contributed by atoms with Gasteiger partial charge in [0.05, 0.1) is 17.2 Å². The van der Waals surface area contributed by atoms with Gasteiger partial charge in [-0.05, 0) is 60.5 Å². The van der Waals surface area contributed by atoms with Crippen molar-refractivity contribution < 1.29 is 37.0 Å². The summed E-state index contributed by atoms with van der Waals surface area (Å²) in [6.07, 6.45) is -4.72. The average Bonchev–Trinajstić information content (AvgIpc) is 3.22. The third kappa shape index (κ3) is 5.43. The summed E-state index contributed by atoms with van der Waals surface area (Å²) in [5.74, 6) is -3.23. The number of ketones is 1. The summed E-state index contributed by atoms with van der Waals surface area (Å²) in [6.45, 7) is 2.02. The first kappa shape index (κ1) is 27.6. The van der Waals surface area contributed by atoms with Crippen LogP contribution < -0.4 is 9.64 Å². The molecule has 1 fully saturated rings. The molecule has 1 heterocycles. The van der Waals surface area contributed by atoms with E-state index in [0.717, 1.165) is 28.7 Å². The lowest BCUT2D eigenvalue weighted by Crippen LogP contribution is -2.30. The summed E-state index contributed by atoms with van der Waals surface area (Å²) >= 11 is 0. The van der Waals surface area contributed by atoms with Crippen LogP contribution in [0.2, 0.25) is 0 Å². The van der Waals surface area contributed by atoms with E-state index in [1.165, 1.54) is 30.3 Å². The van der Waals surface area contributed by atoms with Crippen LogP contribution in [0.15, 0.2) is 103 Å². The van der Waals surface area contributed by atoms with E-state index >= 15 is 4.39 Å². The topological polar surface area (TPSA) is 66.8 Å². The van der Waals surface area contributed by atoms with Gasteiger partial charge < -0.3 is 9.84 Å². The highest BCUT2D eigenvalue weighted by Gasteiger charge is 2.48. The van der Waals surface area contributed by atoms with Gasteiger partial charge in [0.25, 0.3) is 11.7 Å². The molecule has 208 valence electrons. The smallest absolute Gasteiger partial charge is 0.416 e. The maximum Gasteiger partial charge on any atom is 0.416 e. The minimum Gasteiger partial charge on any atom is -0.507 e. The number of carbonyl (C=O) groups is 2. The van der Waals surface area contributed by atoms with Crippen molar-refractivity contribution in [3.8, 4) is 5.75 Å². The standard InChI is InChI=1S/C32H23F4NO4/c1-19-16-21(14-15-26(19)41-18-20-8-3-2-4-9-20)29(38)27-28(24-12-5-6-13-25(24)33)37(31(40)30(27)39)23-11-7-10-22(17-23)32(34,35)36/h2-17,28,38H,18H2,1H3/b29-27+. The molecule has 5 nitrogen and oxygen atoms in total. The fourth-order valence-corrected chi connectivity index (χ4v) is 4.77. The maximum absolute atomic E-state index is 15.1. The van der Waals surface area contributed by atoms with Gasteiger partial charge in [-0.2, -0.15) is 13.2 Å². The number of amides is 1. The normalized spacial score (nSPS) is 16.7. The minimum absolute atomic E-state index is 0.151. The number of aliphatic hydroxyl groups is 1. The molecular weight excluding hydrogens is 538 g/mol. The van der Waals surface area contributed by atoms with Gasteiger partial charge in [0.1, 0.15) is 23.9 Å². The predicted molar refractivity (Wildman–Crippen MR) is 145 cm³/mol. The summed E-state index contributed by atoms with van der Waals surface area (Å²) < 4.78 is 61.4. The number of alkyl halides is 3. The second-order valence-corrected chi connectivity index (χ2v) is 9.49. The Morgan fingerprint density at radius 3 is 2.29 bits per heavy atom. The number of Topliss-reactive ketones (excluding diaryl/α,β-unsaturated/α-hetero) is 1. The van der Waals surface area contributed by atoms with E-state index in [0.29, 0.717) is 24.0 Å². The van der Waals surface area contributed by atoms with Crippen LogP contribution in [0.25, 0.3) is 5.76 Å². The Kier molecular flexibility index (Phi) is 7.36. The van der Waals surface area contributed by atoms with Gasteiger partial charge >= 0.3 is 6.18 Å². The van der Waals surface area contributed by atoms with Crippen LogP contribution in [0.3, 0.4) is 0 Å². The van der Waals surface area contributed by atoms with E-state index in [1.54, 1.807) is 19.1 Å². The highest BCUT2D eigenvalue weighted by Crippen LogP contribution is 2.44. The predicted octanol–water partition coefficient (Wildman–Crippen LogP) is 7.36. The number of aliphatic hydroxyl groups excluding tert-OH is 1. The third-order valence-corrected chi connectivity index (χ3v) is 6.78. The molecule has 0 aliphatic carbocycles. The van der Waals surface area contributed by atoms with Crippen LogP contribution in [-0.2, 0) is 22.4 Å². The van der Waals surface area contributed by atoms with Gasteiger partial charge in [0.2, 0.25) is 0 Å². The summed E-state index contributed by atoms with van der Waals surface area (Å²) in [6, 6.07) is 21.7. The largest absolute Gasteiger partial charge is 0.507 e. The molecule has 0 bridgehead atoms. The second-order valence-electron chi connectivity index (χ2n) is 9.49. The van der Waals surface area contributed by atoms with E-state index in [-0.39, 0.29) is 16.8 Å². The Morgan fingerprint density at radius 1 is 0.902 bits per heavy atom. The van der Waals surface area contributed by atoms with Crippen LogP contribution >= 0.6 is 0 Å². The van der Waals surface area contributed by atoms with Crippen molar-refractivity contribution in [2.45, 2.75) is 25.7 Å². The molecule has 1 atom stereocenters. The van der Waals surface area contributed by atoms with Crippen molar-refractivity contribution in [3.05, 3.63) is 136 Å². The van der Waals surface area contributed by atoms with Crippen LogP contribution in [0.5, 0.6) is 5.75 Å². The van der Waals surface area contributed by atoms with Gasteiger partial charge in [0.15, 0.2) is 0 Å². The van der Waals surface area contributed by atoms with Crippen LogP contribution in [0.1, 0.15) is 33.9 Å². The number of aryl methyl sites for hydroxylation is 1. The highest BCUT2D eigenvalue weighted by atomic mass is 19.4. The molecule has 0 aromatic heterocycles. The zero-order chi connectivity index (χ0) is 29.3. The first-order valence-electron chi connectivity index (χ1n) is 12.6. The lowest BCUT2D eigenvalue weighted by molar-refractivity contribution is -0.137. The summed E-state index contributed by atoms with van der Waals surface area (Å²) in [4.78, 5) is 27.4. The van der Waals surface area contributed by atoms with Gasteiger partial charge in [0, 0.05) is 16.8 Å². The molecule has 1 aliphatic heterocycles. The van der Waals surface area contributed by atoms with E-state index in [4.69, 9.17) is 4.74 Å². The molecular formula is C32H23F4NO4. The number of carbonyl (C=O) groups excluding carboxylic acids is 2. The van der Waals surface area contributed by atoms with Crippen LogP contribution in [0.4, 0.5) is 23.2 Å². The summed E-state index contributed by atoms with van der Waals surface area (Å²) in [7, 11) is 0. The molecule has 9 heteroatoms. The monoisotopic (exact) mass is 561 g/mol. The van der Waals surface area contributed by atoms with E-state index < -0.39 is 46.6 Å². The lowest BCUT2D eigenvalue weighted by atomic mass is 9.94. The molecule has 1 saturated heterocycles. The van der Waals surface area contributed by atoms with Gasteiger partial charge in [-0.1, -0.05) is 54.6 Å². The summed E-state index contributed by atoms with van der Waals surface area (Å²) in [5.41, 5.74) is -0.225. The number of halogens is 4. The first-order valence-corrected chi connectivity index (χ1v) is 12.6. The number of hydrogen-bond donors (Lipinski definition) is 1. The molecule has 4 aromatic carbocycles. The van der Waals surface area contributed by atoms with Crippen LogP contribution in [0, 0.1) is 12.7 Å². The zero-order valence-corrected chi connectivity index (χ0v) is 21.7. The highest BCUT2D eigenvalue weighted by molar-refractivity contribution is 6.51. The van der Waals surface area contributed by atoms with Crippen molar-refractivity contribution in [2.24, 2.45) is 0 Å². The van der Waals surface area contributed by atoms with E-state index in [1.807, 2.05) is 30.3 Å². The summed E-state index contributed by atoms with van der Waals surface area (Å²) in [5, 5.41) is 11.3. The number of hydrogen-bond acceptors (Lipinski definition) is 4. The van der Waals surface area contributed by atoms with E-state index in [9.17, 15) is 27.9 Å². The Labute approximate surface area is 232 Å². The second kappa shape index (κ2) is 10.9. The molecule has 1 unspecified atom stereocenters. The molecule has 0 saturated carbocycles. The van der Waals surface area contributed by atoms with Gasteiger partial charge in [-0.15, -0.1) is 0 Å². The molecule has 1 aliphatic rings. The molecule has 4 aromatic rings. The third-order valence-electron chi connectivity index (χ3n) is 6.78. The maximum atomic E-state index is 15.1. The quantitative estimate of drug-likeness (QED) is 0.116. The number of ether oxygens (including phenoxy) is 1. The molecule has 5 rings (SSSR count). The van der Waals surface area contributed by atoms with Crippen LogP contribution in [-0.4, -0.2) is 16.8 Å². The number of benzene rings is 4. The molecule has 41 heavy (non-hydrogen) atoms. The molecule has 0 radical (unpaired) electrons. The SMILES string of the molecule is Cc1cc(/C(O)=C2\C(=O)C(=O)N(c3cccc(C(F)(F)F)c3)C2c2ccccc2F)ccc1OCc1ccccc1. The first-order chi connectivity index (χ1) is 19.6. The van der Waals surface area contributed by atoms with Gasteiger partial charge in [-0.25, -0.2) is 4.39 Å². The number of anilines is 1. The van der Waals surface area contributed by atoms with Crippen molar-refractivity contribution in [1.82, 2.24) is 0 Å². The Bertz CT molecular complexity index is 1660. The molecule has 0 spiro atoms. The fourth-order valence-electron chi connectivity index (χ4n) is 4.77. The van der Waals surface area contributed by atoms with Crippen molar-refractivity contribution in [1.29, 1.82) is 0 Å². The van der Waals surface area contributed by atoms with Crippen molar-refractivity contribution >= 4 is 23.1 Å². The number of rotatable bonds is 6. The van der Waals surface area contributed by atoms with E-state index in [2.05, 4.69) is 0 Å². The lowest BCUT2D eigenvalue weighted by Gasteiger charge is -2.26. The molecule has 1 N–H and O–H groups in total. The molecule has 1 amide bonds. The minimum atomic E-state index is -4.72. The Hall–Kier alpha value is -4.92. The zero-order valence-electron chi connectivity index (χ0n) is 21.7. The Morgan fingerprint density at radius 2 is 1.61 bits per heavy atom. The van der Waals surface area contributed by atoms with Crippen molar-refractivity contribution in [2.75, 3.05) is 4.90 Å². The Balaban J connectivity index is 1.59. The van der Waals surface area contributed by atoms with Gasteiger partial charge in [-0.3, -0.25) is 14.5 Å². The number of nitrogens with zero attached hydrogens (tertiary/aromatic N) is 1. The average molecular weight is 562 g/mol. The fraction of sp³-hybridized carbons (Fsp3) is 0.125.